The molecule has 0 atom stereocenters. The van der Waals surface area contributed by atoms with E-state index in [1.165, 1.54) is 22.3 Å². The number of nitrogens with one attached hydrogen (secondary N) is 1. The topological polar surface area (TPSA) is 15.3 Å². The van der Waals surface area contributed by atoms with Gasteiger partial charge >= 0.3 is 0 Å². The molecule has 5 aromatic carbocycles. The molecule has 0 amide bonds. The predicted octanol–water partition coefficient (Wildman–Crippen LogP) is 11.1. The van der Waals surface area contributed by atoms with Gasteiger partial charge in [-0.05, 0) is 78.4 Å². The Labute approximate surface area is 256 Å². The minimum atomic E-state index is 0.860. The fourth-order valence-corrected chi connectivity index (χ4v) is 5.25. The summed E-state index contributed by atoms with van der Waals surface area (Å²) in [5.41, 5.74) is 12.2. The molecule has 2 nitrogen and oxygen atoms in total. The Hall–Kier alpha value is -5.34. The van der Waals surface area contributed by atoms with E-state index in [2.05, 4.69) is 176 Å². The Kier molecular flexibility index (Phi) is 9.51. The monoisotopic (exact) mass is 558 g/mol. The Balaban J connectivity index is 1.54. The van der Waals surface area contributed by atoms with Crippen molar-refractivity contribution in [1.82, 2.24) is 5.32 Å². The Morgan fingerprint density at radius 3 is 1.93 bits per heavy atom. The van der Waals surface area contributed by atoms with Gasteiger partial charge in [-0.3, -0.25) is 0 Å². The number of rotatable bonds is 10. The van der Waals surface area contributed by atoms with Gasteiger partial charge in [0.05, 0.1) is 5.69 Å². The van der Waals surface area contributed by atoms with Crippen molar-refractivity contribution in [3.63, 3.8) is 0 Å². The molecule has 0 unspecified atom stereocenters. The average molecular weight is 559 g/mol. The number of aryl methyl sites for hydroxylation is 1. The van der Waals surface area contributed by atoms with Crippen molar-refractivity contribution in [2.45, 2.75) is 20.8 Å². The molecule has 2 heteroatoms. The van der Waals surface area contributed by atoms with E-state index in [9.17, 15) is 0 Å². The maximum Gasteiger partial charge on any atom is 0.0539 e. The molecule has 43 heavy (non-hydrogen) atoms. The minimum absolute atomic E-state index is 0.860. The number of para-hydroxylation sites is 1. The molecule has 0 heterocycles. The first-order valence-corrected chi connectivity index (χ1v) is 14.7. The zero-order valence-corrected chi connectivity index (χ0v) is 25.2. The fourth-order valence-electron chi connectivity index (χ4n) is 5.25. The lowest BCUT2D eigenvalue weighted by molar-refractivity contribution is 1.05. The zero-order valence-electron chi connectivity index (χ0n) is 25.2. The minimum Gasteiger partial charge on any atom is -0.365 e. The maximum atomic E-state index is 4.58. The molecule has 0 saturated carbocycles. The van der Waals surface area contributed by atoms with Crippen LogP contribution >= 0.6 is 0 Å². The van der Waals surface area contributed by atoms with Crippen molar-refractivity contribution in [3.05, 3.63) is 187 Å². The highest BCUT2D eigenvalue weighted by Gasteiger charge is 2.18. The lowest BCUT2D eigenvalue weighted by Crippen LogP contribution is -2.17. The molecule has 0 aliphatic rings. The largest absolute Gasteiger partial charge is 0.365 e. The van der Waals surface area contributed by atoms with Crippen LogP contribution in [0.15, 0.2) is 176 Å². The van der Waals surface area contributed by atoms with E-state index in [1.54, 1.807) is 0 Å². The molecule has 212 valence electrons. The molecule has 0 saturated heterocycles. The van der Waals surface area contributed by atoms with Crippen molar-refractivity contribution in [2.24, 2.45) is 0 Å². The summed E-state index contributed by atoms with van der Waals surface area (Å²) >= 11 is 0. The third kappa shape index (κ3) is 7.12. The van der Waals surface area contributed by atoms with Crippen LogP contribution in [0.25, 0.3) is 27.8 Å². The van der Waals surface area contributed by atoms with Gasteiger partial charge in [0, 0.05) is 28.8 Å². The molecule has 0 aliphatic heterocycles. The fraction of sp³-hybridized carbons (Fsp3) is 0.0732. The Bertz CT molecular complexity index is 1760. The number of hydrogen-bond donors (Lipinski definition) is 1. The summed E-state index contributed by atoms with van der Waals surface area (Å²) in [5, 5.41) is 3.50. The van der Waals surface area contributed by atoms with E-state index in [0.29, 0.717) is 0 Å². The van der Waals surface area contributed by atoms with E-state index < -0.39 is 0 Å². The molecular weight excluding hydrogens is 520 g/mol. The van der Waals surface area contributed by atoms with Gasteiger partial charge in [0.25, 0.3) is 0 Å². The summed E-state index contributed by atoms with van der Waals surface area (Å²) in [5.74, 6) is 0. The first kappa shape index (κ1) is 29.2. The molecular formula is C41H38N2. The van der Waals surface area contributed by atoms with Crippen molar-refractivity contribution in [2.75, 3.05) is 4.90 Å². The number of anilines is 2. The van der Waals surface area contributed by atoms with E-state index in [0.717, 1.165) is 39.5 Å². The average Bonchev–Trinajstić information content (AvgIpc) is 3.05. The van der Waals surface area contributed by atoms with E-state index in [4.69, 9.17) is 0 Å². The van der Waals surface area contributed by atoms with Gasteiger partial charge in [-0.1, -0.05) is 134 Å². The molecule has 0 fully saturated rings. The van der Waals surface area contributed by atoms with Crippen LogP contribution in [-0.2, 0) is 0 Å². The van der Waals surface area contributed by atoms with Gasteiger partial charge in [-0.15, -0.1) is 0 Å². The SMILES string of the molecule is C=C(/C=C(\C)N/C=C(\C=C/C)c1ccccc1)N(c1ccc(-c2ccccc2)cc1)c1ccccc1-c1ccccc1C. The third-order valence-corrected chi connectivity index (χ3v) is 7.39. The zero-order chi connectivity index (χ0) is 30.0. The lowest BCUT2D eigenvalue weighted by Gasteiger charge is -2.29. The third-order valence-electron chi connectivity index (χ3n) is 7.39. The summed E-state index contributed by atoms with van der Waals surface area (Å²) in [6, 6.07) is 46.7. The molecule has 5 aromatic rings. The Morgan fingerprint density at radius 2 is 1.26 bits per heavy atom. The van der Waals surface area contributed by atoms with Crippen LogP contribution in [0.4, 0.5) is 11.4 Å². The molecule has 0 aromatic heterocycles. The van der Waals surface area contributed by atoms with Gasteiger partial charge in [0.1, 0.15) is 0 Å². The summed E-state index contributed by atoms with van der Waals surface area (Å²) in [6.45, 7) is 10.9. The molecule has 0 radical (unpaired) electrons. The maximum absolute atomic E-state index is 4.58. The molecule has 0 spiro atoms. The second-order valence-electron chi connectivity index (χ2n) is 10.5. The summed E-state index contributed by atoms with van der Waals surface area (Å²) in [6.07, 6.45) is 8.33. The molecule has 1 N–H and O–H groups in total. The van der Waals surface area contributed by atoms with Gasteiger partial charge in [0.15, 0.2) is 0 Å². The smallest absolute Gasteiger partial charge is 0.0539 e. The highest BCUT2D eigenvalue weighted by atomic mass is 15.1. The second-order valence-corrected chi connectivity index (χ2v) is 10.5. The normalized spacial score (nSPS) is 11.9. The quantitative estimate of drug-likeness (QED) is 0.172. The van der Waals surface area contributed by atoms with Gasteiger partial charge in [0.2, 0.25) is 0 Å². The van der Waals surface area contributed by atoms with Gasteiger partial charge < -0.3 is 10.2 Å². The number of hydrogen-bond acceptors (Lipinski definition) is 2. The Morgan fingerprint density at radius 1 is 0.674 bits per heavy atom. The molecule has 0 bridgehead atoms. The highest BCUT2D eigenvalue weighted by Crippen LogP contribution is 2.39. The van der Waals surface area contributed by atoms with Crippen molar-refractivity contribution in [3.8, 4) is 22.3 Å². The molecule has 5 rings (SSSR count). The van der Waals surface area contributed by atoms with Gasteiger partial charge in [-0.25, -0.2) is 0 Å². The summed E-state index contributed by atoms with van der Waals surface area (Å²) < 4.78 is 0. The first-order valence-electron chi connectivity index (χ1n) is 14.7. The van der Waals surface area contributed by atoms with Crippen LogP contribution in [0.2, 0.25) is 0 Å². The van der Waals surface area contributed by atoms with Crippen molar-refractivity contribution in [1.29, 1.82) is 0 Å². The van der Waals surface area contributed by atoms with Crippen LogP contribution in [0.3, 0.4) is 0 Å². The number of nitrogens with zero attached hydrogens (tertiary/aromatic N) is 1. The number of allylic oxidation sites excluding steroid dienone is 5. The number of benzene rings is 5. The van der Waals surface area contributed by atoms with E-state index in [-0.39, 0.29) is 0 Å². The van der Waals surface area contributed by atoms with Crippen LogP contribution < -0.4 is 10.2 Å². The second kappa shape index (κ2) is 14.0. The first-order chi connectivity index (χ1) is 21.0. The van der Waals surface area contributed by atoms with E-state index in [1.807, 2.05) is 19.1 Å². The van der Waals surface area contributed by atoms with Crippen LogP contribution in [0.5, 0.6) is 0 Å². The lowest BCUT2D eigenvalue weighted by atomic mass is 9.97. The van der Waals surface area contributed by atoms with Crippen LogP contribution in [0.1, 0.15) is 25.0 Å². The molecule has 0 aliphatic carbocycles. The summed E-state index contributed by atoms with van der Waals surface area (Å²) in [7, 11) is 0. The van der Waals surface area contributed by atoms with Crippen molar-refractivity contribution < 1.29 is 0 Å². The van der Waals surface area contributed by atoms with Crippen LogP contribution in [0, 0.1) is 6.92 Å². The van der Waals surface area contributed by atoms with E-state index >= 15 is 0 Å². The van der Waals surface area contributed by atoms with Crippen molar-refractivity contribution >= 4 is 16.9 Å². The summed E-state index contributed by atoms with van der Waals surface area (Å²) in [4.78, 5) is 2.25. The van der Waals surface area contributed by atoms with Crippen LogP contribution in [-0.4, -0.2) is 0 Å². The highest BCUT2D eigenvalue weighted by molar-refractivity contribution is 5.86. The standard InChI is InChI=1S/C41H38N2/c1-5-16-37(35-20-10-7-11-21-35)30-42-32(3)29-33(4)43(38-27-25-36(26-28-38)34-18-8-6-9-19-34)41-24-15-14-23-40(41)39-22-13-12-17-31(39)2/h5-30,42H,4H2,1-3H3/b16-5-,32-29+,37-30+. The predicted molar refractivity (Wildman–Crippen MR) is 186 cm³/mol. The van der Waals surface area contributed by atoms with Gasteiger partial charge in [-0.2, -0.15) is 0 Å².